The van der Waals surface area contributed by atoms with Crippen molar-refractivity contribution in [1.29, 1.82) is 0 Å². The molecular formula is C14H16Br2O2. The van der Waals surface area contributed by atoms with E-state index in [2.05, 4.69) is 44.0 Å². The Bertz CT molecular complexity index is 444. The maximum Gasteiger partial charge on any atom is 0.133 e. The van der Waals surface area contributed by atoms with Crippen molar-refractivity contribution in [3.63, 3.8) is 0 Å². The molecule has 2 nitrogen and oxygen atoms in total. The van der Waals surface area contributed by atoms with Crippen molar-refractivity contribution in [2.24, 2.45) is 0 Å². The van der Waals surface area contributed by atoms with Crippen LogP contribution in [0.25, 0.3) is 0 Å². The third kappa shape index (κ3) is 3.58. The largest absolute Gasteiger partial charge is 0.493 e. The number of fused-ring (bicyclic) bond motifs is 1. The van der Waals surface area contributed by atoms with E-state index in [1.54, 1.807) is 0 Å². The fourth-order valence-corrected chi connectivity index (χ4v) is 3.03. The van der Waals surface area contributed by atoms with Crippen LogP contribution >= 0.6 is 31.9 Å². The Morgan fingerprint density at radius 1 is 1.33 bits per heavy atom. The first-order valence-electron chi connectivity index (χ1n) is 6.22. The molecule has 0 unspecified atom stereocenters. The third-order valence-corrected chi connectivity index (χ3v) is 4.11. The molecule has 0 saturated heterocycles. The van der Waals surface area contributed by atoms with Gasteiger partial charge >= 0.3 is 0 Å². The van der Waals surface area contributed by atoms with Crippen LogP contribution in [0.3, 0.4) is 0 Å². The predicted molar refractivity (Wildman–Crippen MR) is 79.7 cm³/mol. The second-order valence-electron chi connectivity index (χ2n) is 4.48. The summed E-state index contributed by atoms with van der Waals surface area (Å²) in [5.41, 5.74) is 2.41. The molecule has 1 aromatic carbocycles. The van der Waals surface area contributed by atoms with Crippen molar-refractivity contribution >= 4 is 37.6 Å². The number of carbonyl (C=O) groups is 1. The molecule has 1 aliphatic heterocycles. The van der Waals surface area contributed by atoms with Crippen molar-refractivity contribution in [1.82, 2.24) is 0 Å². The van der Waals surface area contributed by atoms with Crippen LogP contribution in [-0.2, 0) is 17.6 Å². The van der Waals surface area contributed by atoms with Crippen LogP contribution in [-0.4, -0.2) is 17.7 Å². The normalized spacial score (nSPS) is 13.2. The molecule has 18 heavy (non-hydrogen) atoms. The summed E-state index contributed by atoms with van der Waals surface area (Å²) in [7, 11) is 0. The topological polar surface area (TPSA) is 26.3 Å². The highest BCUT2D eigenvalue weighted by atomic mass is 79.9. The highest BCUT2D eigenvalue weighted by Gasteiger charge is 2.17. The van der Waals surface area contributed by atoms with Crippen LogP contribution in [0.1, 0.15) is 30.4 Å². The van der Waals surface area contributed by atoms with Crippen molar-refractivity contribution in [3.8, 4) is 5.75 Å². The van der Waals surface area contributed by atoms with Crippen molar-refractivity contribution in [3.05, 3.63) is 27.7 Å². The molecule has 0 spiro atoms. The quantitative estimate of drug-likeness (QED) is 0.701. The molecule has 0 aromatic heterocycles. The summed E-state index contributed by atoms with van der Waals surface area (Å²) in [6, 6.07) is 4.18. The molecule has 2 rings (SSSR count). The first-order chi connectivity index (χ1) is 8.70. The summed E-state index contributed by atoms with van der Waals surface area (Å²) in [6.45, 7) is 0.760. The van der Waals surface area contributed by atoms with Gasteiger partial charge in [0.15, 0.2) is 0 Å². The van der Waals surface area contributed by atoms with Gasteiger partial charge in [-0.3, -0.25) is 4.79 Å². The molecule has 98 valence electrons. The van der Waals surface area contributed by atoms with Crippen molar-refractivity contribution < 1.29 is 9.53 Å². The van der Waals surface area contributed by atoms with Gasteiger partial charge in [0.1, 0.15) is 11.5 Å². The van der Waals surface area contributed by atoms with Crippen LogP contribution in [0.15, 0.2) is 16.6 Å². The fraction of sp³-hybridized carbons (Fsp3) is 0.500. The van der Waals surface area contributed by atoms with E-state index in [4.69, 9.17) is 4.74 Å². The summed E-state index contributed by atoms with van der Waals surface area (Å²) < 4.78 is 6.74. The minimum absolute atomic E-state index is 0.334. The number of Topliss-reactive ketones (excluding diaryl/α,β-unsaturated/α-hetero) is 1. The number of ether oxygens (including phenoxy) is 1. The Balaban J connectivity index is 1.99. The lowest BCUT2D eigenvalue weighted by Gasteiger charge is -2.08. The molecule has 0 aliphatic carbocycles. The first kappa shape index (κ1) is 14.1. The minimum Gasteiger partial charge on any atom is -0.493 e. The maximum atomic E-state index is 11.7. The number of alkyl halides is 1. The van der Waals surface area contributed by atoms with E-state index >= 15 is 0 Å². The van der Waals surface area contributed by atoms with Gasteiger partial charge in [-0.15, -0.1) is 0 Å². The van der Waals surface area contributed by atoms with Gasteiger partial charge in [0.25, 0.3) is 0 Å². The number of hydrogen-bond acceptors (Lipinski definition) is 2. The lowest BCUT2D eigenvalue weighted by molar-refractivity contribution is -0.119. The van der Waals surface area contributed by atoms with Gasteiger partial charge in [0.2, 0.25) is 0 Å². The second kappa shape index (κ2) is 6.71. The van der Waals surface area contributed by atoms with Crippen molar-refractivity contribution in [2.45, 2.75) is 32.1 Å². The molecule has 1 heterocycles. The summed E-state index contributed by atoms with van der Waals surface area (Å²) in [4.78, 5) is 11.7. The average Bonchev–Trinajstić information content (AvgIpc) is 2.81. The first-order valence-corrected chi connectivity index (χ1v) is 8.14. The smallest absolute Gasteiger partial charge is 0.133 e. The zero-order valence-corrected chi connectivity index (χ0v) is 13.3. The highest BCUT2D eigenvalue weighted by Crippen LogP contribution is 2.33. The van der Waals surface area contributed by atoms with Gasteiger partial charge in [0, 0.05) is 29.1 Å². The molecule has 0 saturated carbocycles. The third-order valence-electron chi connectivity index (χ3n) is 3.09. The van der Waals surface area contributed by atoms with E-state index < -0.39 is 0 Å². The molecule has 0 amide bonds. The lowest BCUT2D eigenvalue weighted by Crippen LogP contribution is -2.01. The Kier molecular flexibility index (Phi) is 5.25. The molecule has 1 aromatic rings. The lowest BCUT2D eigenvalue weighted by atomic mass is 10.0. The minimum atomic E-state index is 0.334. The molecule has 4 heteroatoms. The number of halogens is 2. The van der Waals surface area contributed by atoms with Gasteiger partial charge in [-0.05, 0) is 36.1 Å². The number of benzene rings is 1. The number of ketones is 1. The Labute approximate surface area is 124 Å². The van der Waals surface area contributed by atoms with Gasteiger partial charge in [-0.2, -0.15) is 0 Å². The number of hydrogen-bond donors (Lipinski definition) is 0. The van der Waals surface area contributed by atoms with Crippen LogP contribution in [0, 0.1) is 0 Å². The molecule has 0 fully saturated rings. The number of aryl methyl sites for hydroxylation is 1. The number of carbonyl (C=O) groups excluding carboxylic acids is 1. The second-order valence-corrected chi connectivity index (χ2v) is 6.19. The van der Waals surface area contributed by atoms with Gasteiger partial charge in [-0.1, -0.05) is 31.9 Å². The highest BCUT2D eigenvalue weighted by molar-refractivity contribution is 9.10. The average molecular weight is 376 g/mol. The van der Waals surface area contributed by atoms with E-state index in [0.29, 0.717) is 18.6 Å². The maximum absolute atomic E-state index is 11.7. The van der Waals surface area contributed by atoms with Crippen LogP contribution in [0.5, 0.6) is 5.75 Å². The predicted octanol–water partition coefficient (Wildman–Crippen LogP) is 4.06. The zero-order chi connectivity index (χ0) is 13.0. The molecule has 1 aliphatic rings. The van der Waals surface area contributed by atoms with E-state index in [0.717, 1.165) is 47.0 Å². The molecule has 0 atom stereocenters. The summed E-state index contributed by atoms with van der Waals surface area (Å²) >= 11 is 6.86. The van der Waals surface area contributed by atoms with E-state index in [1.807, 2.05) is 0 Å². The Morgan fingerprint density at radius 3 is 2.94 bits per heavy atom. The van der Waals surface area contributed by atoms with Crippen molar-refractivity contribution in [2.75, 3.05) is 11.9 Å². The van der Waals surface area contributed by atoms with Crippen LogP contribution in [0.4, 0.5) is 0 Å². The van der Waals surface area contributed by atoms with E-state index in [1.165, 1.54) is 5.56 Å². The van der Waals surface area contributed by atoms with Crippen LogP contribution < -0.4 is 4.74 Å². The molecule has 0 N–H and O–H groups in total. The van der Waals surface area contributed by atoms with Gasteiger partial charge in [0.05, 0.1) is 6.61 Å². The van der Waals surface area contributed by atoms with Gasteiger partial charge < -0.3 is 4.74 Å². The Hall–Kier alpha value is -0.350. The monoisotopic (exact) mass is 374 g/mol. The van der Waals surface area contributed by atoms with E-state index in [-0.39, 0.29) is 0 Å². The molecule has 0 radical (unpaired) electrons. The number of rotatable bonds is 6. The van der Waals surface area contributed by atoms with Crippen LogP contribution in [0.2, 0.25) is 0 Å². The summed E-state index contributed by atoms with van der Waals surface area (Å²) in [5, 5.41) is 0.897. The zero-order valence-electron chi connectivity index (χ0n) is 10.2. The molecular weight excluding hydrogens is 360 g/mol. The molecule has 0 bridgehead atoms. The standard InChI is InChI=1S/C14H16Br2O2/c15-6-1-2-13(17)4-3-10-8-12(16)9-11-5-7-18-14(10)11/h8-9H,1-7H2. The SMILES string of the molecule is O=C(CCCBr)CCc1cc(Br)cc2c1OCC2. The fourth-order valence-electron chi connectivity index (χ4n) is 2.19. The summed E-state index contributed by atoms with van der Waals surface area (Å²) in [5.74, 6) is 1.34. The van der Waals surface area contributed by atoms with E-state index in [9.17, 15) is 4.79 Å². The Morgan fingerprint density at radius 2 is 2.17 bits per heavy atom. The summed E-state index contributed by atoms with van der Waals surface area (Å²) in [6.07, 6.45) is 3.95. The van der Waals surface area contributed by atoms with Gasteiger partial charge in [-0.25, -0.2) is 0 Å².